The molecule has 0 radical (unpaired) electrons. The fourth-order valence-electron chi connectivity index (χ4n) is 3.26. The molecule has 2 aromatic heterocycles. The van der Waals surface area contributed by atoms with Crippen molar-refractivity contribution in [1.82, 2.24) is 25.1 Å². The third kappa shape index (κ3) is 3.86. The zero-order valence-corrected chi connectivity index (χ0v) is 17.1. The van der Waals surface area contributed by atoms with E-state index in [2.05, 4.69) is 57.7 Å². The fourth-order valence-corrected chi connectivity index (χ4v) is 4.21. The minimum Gasteiger partial charge on any atom is -0.349 e. The molecule has 27 heavy (non-hydrogen) atoms. The predicted octanol–water partition coefficient (Wildman–Crippen LogP) is 4.05. The topological polar surface area (TPSA) is 58.9 Å². The summed E-state index contributed by atoms with van der Waals surface area (Å²) in [5.74, 6) is 0.708. The first-order valence-electron chi connectivity index (χ1n) is 9.07. The van der Waals surface area contributed by atoms with Gasteiger partial charge in [0, 0.05) is 18.8 Å². The minimum absolute atomic E-state index is 0.269. The van der Waals surface area contributed by atoms with Crippen LogP contribution in [-0.4, -0.2) is 43.3 Å². The number of thiophene rings is 1. The Morgan fingerprint density at radius 3 is 2.74 bits per heavy atom. The molecule has 8 heteroatoms. The number of nitrogens with one attached hydrogen (secondary N) is 1. The molecule has 0 aliphatic carbocycles. The molecular weight excluding hydrogens is 376 g/mol. The van der Waals surface area contributed by atoms with Gasteiger partial charge in [-0.2, -0.15) is 4.80 Å². The maximum absolute atomic E-state index is 5.64. The maximum Gasteiger partial charge on any atom is 0.214 e. The van der Waals surface area contributed by atoms with Crippen LogP contribution in [0.5, 0.6) is 0 Å². The monoisotopic (exact) mass is 398 g/mol. The maximum atomic E-state index is 5.64. The molecule has 1 saturated heterocycles. The van der Waals surface area contributed by atoms with Crippen molar-refractivity contribution >= 4 is 34.4 Å². The summed E-state index contributed by atoms with van der Waals surface area (Å²) in [6.45, 7) is 6.01. The standard InChI is InChI=1S/C19H22N6S2/c1-13-5-3-6-16(14(13)2)20-19(26)24-10-8-15(9-11-24)25-22-18(21-23-25)17-7-4-12-27-17/h3-7,12,15H,8-11H2,1-2H3,(H,20,26). The quantitative estimate of drug-likeness (QED) is 0.672. The third-order valence-electron chi connectivity index (χ3n) is 5.09. The van der Waals surface area contributed by atoms with Crippen LogP contribution >= 0.6 is 23.6 Å². The average Bonchev–Trinajstić information content (AvgIpc) is 3.37. The van der Waals surface area contributed by atoms with Gasteiger partial charge in [-0.3, -0.25) is 0 Å². The molecule has 0 bridgehead atoms. The van der Waals surface area contributed by atoms with Gasteiger partial charge in [-0.1, -0.05) is 18.2 Å². The Balaban J connectivity index is 1.36. The van der Waals surface area contributed by atoms with Gasteiger partial charge in [-0.25, -0.2) is 0 Å². The number of aryl methyl sites for hydroxylation is 1. The van der Waals surface area contributed by atoms with Crippen LogP contribution in [0.1, 0.15) is 30.0 Å². The number of thiocarbonyl (C=S) groups is 1. The van der Waals surface area contributed by atoms with E-state index in [1.807, 2.05) is 17.5 Å². The molecule has 0 unspecified atom stereocenters. The molecule has 6 nitrogen and oxygen atoms in total. The van der Waals surface area contributed by atoms with Crippen molar-refractivity contribution < 1.29 is 0 Å². The van der Waals surface area contributed by atoms with E-state index in [1.54, 1.807) is 16.1 Å². The van der Waals surface area contributed by atoms with Gasteiger partial charge in [0.1, 0.15) is 0 Å². The van der Waals surface area contributed by atoms with Gasteiger partial charge in [-0.15, -0.1) is 21.5 Å². The number of nitrogens with zero attached hydrogens (tertiary/aromatic N) is 5. The van der Waals surface area contributed by atoms with Gasteiger partial charge in [0.05, 0.1) is 10.9 Å². The highest BCUT2D eigenvalue weighted by molar-refractivity contribution is 7.80. The molecule has 1 aliphatic rings. The summed E-state index contributed by atoms with van der Waals surface area (Å²) in [5.41, 5.74) is 3.59. The molecular formula is C19H22N6S2. The van der Waals surface area contributed by atoms with Crippen LogP contribution in [0.2, 0.25) is 0 Å². The van der Waals surface area contributed by atoms with Gasteiger partial charge in [0.25, 0.3) is 0 Å². The summed E-state index contributed by atoms with van der Waals surface area (Å²) < 4.78 is 0. The van der Waals surface area contributed by atoms with Gasteiger partial charge in [-0.05, 0) is 72.8 Å². The van der Waals surface area contributed by atoms with Crippen LogP contribution < -0.4 is 5.32 Å². The second-order valence-corrected chi connectivity index (χ2v) is 8.14. The largest absolute Gasteiger partial charge is 0.349 e. The minimum atomic E-state index is 0.269. The predicted molar refractivity (Wildman–Crippen MR) is 113 cm³/mol. The number of anilines is 1. The first kappa shape index (κ1) is 18.1. The first-order chi connectivity index (χ1) is 13.1. The summed E-state index contributed by atoms with van der Waals surface area (Å²) in [4.78, 5) is 5.05. The number of rotatable bonds is 3. The number of likely N-dealkylation sites (tertiary alicyclic amines) is 1. The molecule has 3 aromatic rings. The lowest BCUT2D eigenvalue weighted by Gasteiger charge is -2.33. The van der Waals surface area contributed by atoms with Crippen LogP contribution in [0.3, 0.4) is 0 Å². The number of hydrogen-bond acceptors (Lipinski definition) is 5. The second kappa shape index (κ2) is 7.74. The van der Waals surface area contributed by atoms with Gasteiger partial charge in [0.2, 0.25) is 5.82 Å². The molecule has 1 aromatic carbocycles. The Labute approximate surface area is 168 Å². The van der Waals surface area contributed by atoms with E-state index in [9.17, 15) is 0 Å². The van der Waals surface area contributed by atoms with Crippen LogP contribution in [0.15, 0.2) is 35.7 Å². The number of tetrazole rings is 1. The van der Waals surface area contributed by atoms with Crippen molar-refractivity contribution in [3.8, 4) is 10.7 Å². The molecule has 4 rings (SSSR count). The van der Waals surface area contributed by atoms with Crippen molar-refractivity contribution in [2.45, 2.75) is 32.7 Å². The van der Waals surface area contributed by atoms with Crippen molar-refractivity contribution in [1.29, 1.82) is 0 Å². The molecule has 1 fully saturated rings. The van der Waals surface area contributed by atoms with E-state index >= 15 is 0 Å². The molecule has 0 amide bonds. The normalized spacial score (nSPS) is 15.1. The fraction of sp³-hybridized carbons (Fsp3) is 0.368. The van der Waals surface area contributed by atoms with Crippen LogP contribution in [0.4, 0.5) is 5.69 Å². The second-order valence-electron chi connectivity index (χ2n) is 6.81. The van der Waals surface area contributed by atoms with Crippen molar-refractivity contribution in [2.24, 2.45) is 0 Å². The Kier molecular flexibility index (Phi) is 5.18. The Bertz CT molecular complexity index is 926. The smallest absolute Gasteiger partial charge is 0.214 e. The zero-order valence-electron chi connectivity index (χ0n) is 15.4. The molecule has 0 spiro atoms. The highest BCUT2D eigenvalue weighted by atomic mass is 32.1. The summed E-state index contributed by atoms with van der Waals surface area (Å²) in [7, 11) is 0. The Morgan fingerprint density at radius 1 is 1.19 bits per heavy atom. The lowest BCUT2D eigenvalue weighted by Crippen LogP contribution is -2.41. The molecule has 1 N–H and O–H groups in total. The van der Waals surface area contributed by atoms with Gasteiger partial charge in [0.15, 0.2) is 5.11 Å². The number of hydrogen-bond donors (Lipinski definition) is 1. The third-order valence-corrected chi connectivity index (χ3v) is 6.32. The summed E-state index contributed by atoms with van der Waals surface area (Å²) in [5, 5.41) is 19.3. The van der Waals surface area contributed by atoms with Gasteiger partial charge >= 0.3 is 0 Å². The molecule has 1 aliphatic heterocycles. The van der Waals surface area contributed by atoms with E-state index in [0.29, 0.717) is 5.82 Å². The van der Waals surface area contributed by atoms with E-state index in [1.165, 1.54) is 11.1 Å². The van der Waals surface area contributed by atoms with E-state index in [-0.39, 0.29) is 6.04 Å². The summed E-state index contributed by atoms with van der Waals surface area (Å²) in [6.07, 6.45) is 1.91. The van der Waals surface area contributed by atoms with Crippen LogP contribution in [-0.2, 0) is 0 Å². The van der Waals surface area contributed by atoms with E-state index in [0.717, 1.165) is 41.6 Å². The van der Waals surface area contributed by atoms with E-state index < -0.39 is 0 Å². The first-order valence-corrected chi connectivity index (χ1v) is 10.4. The zero-order chi connectivity index (χ0) is 18.8. The molecule has 140 valence electrons. The summed E-state index contributed by atoms with van der Waals surface area (Å²) in [6, 6.07) is 10.5. The number of benzene rings is 1. The lowest BCUT2D eigenvalue weighted by atomic mass is 10.1. The highest BCUT2D eigenvalue weighted by Crippen LogP contribution is 2.25. The SMILES string of the molecule is Cc1cccc(NC(=S)N2CCC(n3nnc(-c4cccs4)n3)CC2)c1C. The van der Waals surface area contributed by atoms with Gasteiger partial charge < -0.3 is 10.2 Å². The molecule has 0 atom stereocenters. The Hall–Kier alpha value is -2.32. The van der Waals surface area contributed by atoms with E-state index in [4.69, 9.17) is 12.2 Å². The Morgan fingerprint density at radius 2 is 2.00 bits per heavy atom. The number of piperidine rings is 1. The average molecular weight is 399 g/mol. The van der Waals surface area contributed by atoms with Crippen molar-refractivity contribution in [2.75, 3.05) is 18.4 Å². The molecule has 3 heterocycles. The van der Waals surface area contributed by atoms with Crippen molar-refractivity contribution in [3.05, 3.63) is 46.8 Å². The molecule has 0 saturated carbocycles. The van der Waals surface area contributed by atoms with Crippen molar-refractivity contribution in [3.63, 3.8) is 0 Å². The highest BCUT2D eigenvalue weighted by Gasteiger charge is 2.24. The van der Waals surface area contributed by atoms with Crippen LogP contribution in [0, 0.1) is 13.8 Å². The number of aromatic nitrogens is 4. The lowest BCUT2D eigenvalue weighted by molar-refractivity contribution is 0.238. The summed E-state index contributed by atoms with van der Waals surface area (Å²) >= 11 is 7.27. The van der Waals surface area contributed by atoms with Crippen LogP contribution in [0.25, 0.3) is 10.7 Å².